The van der Waals surface area contributed by atoms with Gasteiger partial charge < -0.3 is 15.4 Å². The number of benzene rings is 1. The number of nitrogens with zero attached hydrogens (tertiary/aromatic N) is 2. The average Bonchev–Trinajstić information content (AvgIpc) is 3.01. The predicted molar refractivity (Wildman–Crippen MR) is 86.8 cm³/mol. The third-order valence-electron chi connectivity index (χ3n) is 3.50. The number of H-pyrrole nitrogens is 1. The molecule has 8 nitrogen and oxygen atoms in total. The van der Waals surface area contributed by atoms with Gasteiger partial charge in [-0.1, -0.05) is 20.8 Å². The molecule has 0 bridgehead atoms. The van der Waals surface area contributed by atoms with Crippen LogP contribution in [0.1, 0.15) is 42.8 Å². The molecular weight excluding hydrogens is 310 g/mol. The van der Waals surface area contributed by atoms with Crippen molar-refractivity contribution in [3.8, 4) is 5.75 Å². The molecule has 24 heavy (non-hydrogen) atoms. The van der Waals surface area contributed by atoms with E-state index in [1.807, 2.05) is 20.8 Å². The average molecular weight is 329 g/mol. The van der Waals surface area contributed by atoms with Crippen molar-refractivity contribution in [3.05, 3.63) is 35.4 Å². The van der Waals surface area contributed by atoms with E-state index in [-0.39, 0.29) is 30.4 Å². The van der Waals surface area contributed by atoms with Crippen LogP contribution in [0.4, 0.5) is 5.69 Å². The number of rotatable bonds is 3. The lowest BCUT2D eigenvalue weighted by Gasteiger charge is -2.18. The van der Waals surface area contributed by atoms with E-state index in [2.05, 4.69) is 25.8 Å². The van der Waals surface area contributed by atoms with E-state index in [4.69, 9.17) is 4.74 Å². The van der Waals surface area contributed by atoms with E-state index in [0.29, 0.717) is 28.6 Å². The van der Waals surface area contributed by atoms with Gasteiger partial charge in [0.15, 0.2) is 12.4 Å². The molecule has 3 rings (SSSR count). The first-order valence-electron chi connectivity index (χ1n) is 7.59. The van der Waals surface area contributed by atoms with Crippen molar-refractivity contribution in [3.63, 3.8) is 0 Å². The van der Waals surface area contributed by atoms with E-state index >= 15 is 0 Å². The molecule has 0 unspecified atom stereocenters. The number of carbonyl (C=O) groups is 2. The van der Waals surface area contributed by atoms with E-state index in [1.54, 1.807) is 18.2 Å². The van der Waals surface area contributed by atoms with Gasteiger partial charge in [0, 0.05) is 11.0 Å². The van der Waals surface area contributed by atoms with Crippen molar-refractivity contribution in [2.75, 3.05) is 11.9 Å². The largest absolute Gasteiger partial charge is 0.482 e. The quantitative estimate of drug-likeness (QED) is 0.788. The van der Waals surface area contributed by atoms with Crippen molar-refractivity contribution in [1.29, 1.82) is 0 Å². The second-order valence-corrected chi connectivity index (χ2v) is 6.59. The molecule has 1 aromatic heterocycles. The molecule has 0 saturated carbocycles. The molecule has 0 radical (unpaired) electrons. The van der Waals surface area contributed by atoms with Gasteiger partial charge in [-0.2, -0.15) is 5.10 Å². The van der Waals surface area contributed by atoms with Gasteiger partial charge in [-0.3, -0.25) is 14.7 Å². The third-order valence-corrected chi connectivity index (χ3v) is 3.50. The van der Waals surface area contributed by atoms with E-state index in [9.17, 15) is 9.59 Å². The number of fused-ring (bicyclic) bond motifs is 1. The molecule has 0 aliphatic carbocycles. The van der Waals surface area contributed by atoms with Crippen LogP contribution in [0.15, 0.2) is 18.2 Å². The minimum Gasteiger partial charge on any atom is -0.482 e. The second-order valence-electron chi connectivity index (χ2n) is 6.59. The van der Waals surface area contributed by atoms with Crippen LogP contribution in [0.5, 0.6) is 5.75 Å². The number of amides is 2. The van der Waals surface area contributed by atoms with Crippen LogP contribution in [0.2, 0.25) is 0 Å². The first kappa shape index (κ1) is 16.0. The summed E-state index contributed by atoms with van der Waals surface area (Å²) in [6.07, 6.45) is 0. The van der Waals surface area contributed by atoms with E-state index < -0.39 is 0 Å². The number of ether oxygens (including phenoxy) is 1. The van der Waals surface area contributed by atoms with Crippen LogP contribution in [-0.2, 0) is 16.8 Å². The number of anilines is 1. The fraction of sp³-hybridized carbons (Fsp3) is 0.375. The van der Waals surface area contributed by atoms with Crippen molar-refractivity contribution in [2.45, 2.75) is 32.7 Å². The summed E-state index contributed by atoms with van der Waals surface area (Å²) in [5.41, 5.74) is 0.854. The molecule has 1 aromatic carbocycles. The highest BCUT2D eigenvalue weighted by molar-refractivity contribution is 5.98. The smallest absolute Gasteiger partial charge is 0.262 e. The second kappa shape index (κ2) is 5.95. The zero-order valence-corrected chi connectivity index (χ0v) is 13.8. The first-order valence-corrected chi connectivity index (χ1v) is 7.59. The molecule has 0 fully saturated rings. The monoisotopic (exact) mass is 329 g/mol. The van der Waals surface area contributed by atoms with Gasteiger partial charge >= 0.3 is 0 Å². The number of carbonyl (C=O) groups excluding carboxylic acids is 2. The molecule has 2 aromatic rings. The standard InChI is InChI=1S/C16H19N5O3/c1-16(2,3)15-19-12(20-21-15)7-17-14(23)9-4-5-10-11(6-9)24-8-13(22)18-10/h4-6H,7-8H2,1-3H3,(H,17,23)(H,18,22)(H,19,20,21). The van der Waals surface area contributed by atoms with Crippen LogP contribution in [-0.4, -0.2) is 33.6 Å². The van der Waals surface area contributed by atoms with Gasteiger partial charge in [0.1, 0.15) is 11.6 Å². The molecule has 1 aliphatic rings. The third kappa shape index (κ3) is 3.37. The highest BCUT2D eigenvalue weighted by Gasteiger charge is 2.20. The van der Waals surface area contributed by atoms with Crippen LogP contribution in [0.25, 0.3) is 0 Å². The summed E-state index contributed by atoms with van der Waals surface area (Å²) in [6.45, 7) is 6.25. The molecular formula is C16H19N5O3. The number of aromatic amines is 1. The molecule has 0 atom stereocenters. The maximum atomic E-state index is 12.3. The lowest BCUT2D eigenvalue weighted by atomic mass is 9.96. The fourth-order valence-corrected chi connectivity index (χ4v) is 2.19. The SMILES string of the molecule is CC(C)(C)c1n[nH]c(CNC(=O)c2ccc3c(c2)OCC(=O)N3)n1. The zero-order valence-electron chi connectivity index (χ0n) is 13.8. The Labute approximate surface area is 139 Å². The maximum absolute atomic E-state index is 12.3. The Balaban J connectivity index is 1.65. The lowest BCUT2D eigenvalue weighted by Crippen LogP contribution is -2.27. The van der Waals surface area contributed by atoms with Gasteiger partial charge in [0.05, 0.1) is 12.2 Å². The summed E-state index contributed by atoms with van der Waals surface area (Å²) in [4.78, 5) is 27.9. The highest BCUT2D eigenvalue weighted by atomic mass is 16.5. The van der Waals surface area contributed by atoms with Crippen molar-refractivity contribution < 1.29 is 14.3 Å². The Morgan fingerprint density at radius 3 is 2.88 bits per heavy atom. The van der Waals surface area contributed by atoms with Gasteiger partial charge in [-0.15, -0.1) is 0 Å². The Morgan fingerprint density at radius 2 is 2.17 bits per heavy atom. The summed E-state index contributed by atoms with van der Waals surface area (Å²) in [5.74, 6) is 1.31. The molecule has 3 N–H and O–H groups in total. The molecule has 8 heteroatoms. The Bertz CT molecular complexity index is 791. The van der Waals surface area contributed by atoms with Gasteiger partial charge in [-0.05, 0) is 18.2 Å². The first-order chi connectivity index (χ1) is 11.3. The summed E-state index contributed by atoms with van der Waals surface area (Å²) < 4.78 is 5.31. The van der Waals surface area contributed by atoms with Gasteiger partial charge in [0.25, 0.3) is 11.8 Å². The lowest BCUT2D eigenvalue weighted by molar-refractivity contribution is -0.118. The molecule has 2 heterocycles. The Kier molecular flexibility index (Phi) is 3.96. The Hall–Kier alpha value is -2.90. The number of hydrogen-bond donors (Lipinski definition) is 3. The van der Waals surface area contributed by atoms with E-state index in [0.717, 1.165) is 0 Å². The summed E-state index contributed by atoms with van der Waals surface area (Å²) in [5, 5.41) is 12.4. The van der Waals surface area contributed by atoms with E-state index in [1.165, 1.54) is 0 Å². The minimum absolute atomic E-state index is 0.0499. The maximum Gasteiger partial charge on any atom is 0.262 e. The highest BCUT2D eigenvalue weighted by Crippen LogP contribution is 2.28. The molecule has 0 saturated heterocycles. The van der Waals surface area contributed by atoms with Gasteiger partial charge in [0.2, 0.25) is 0 Å². The number of nitrogens with one attached hydrogen (secondary N) is 3. The van der Waals surface area contributed by atoms with Crippen LogP contribution < -0.4 is 15.4 Å². The summed E-state index contributed by atoms with van der Waals surface area (Å²) in [6, 6.07) is 4.88. The van der Waals surface area contributed by atoms with Crippen molar-refractivity contribution in [1.82, 2.24) is 20.5 Å². The minimum atomic E-state index is -0.257. The Morgan fingerprint density at radius 1 is 1.38 bits per heavy atom. The number of hydrogen-bond acceptors (Lipinski definition) is 5. The van der Waals surface area contributed by atoms with Crippen LogP contribution in [0, 0.1) is 0 Å². The zero-order chi connectivity index (χ0) is 17.3. The summed E-state index contributed by atoms with van der Waals surface area (Å²) in [7, 11) is 0. The van der Waals surface area contributed by atoms with Crippen LogP contribution >= 0.6 is 0 Å². The van der Waals surface area contributed by atoms with Crippen LogP contribution in [0.3, 0.4) is 0 Å². The predicted octanol–water partition coefficient (Wildman–Crippen LogP) is 1.36. The topological polar surface area (TPSA) is 109 Å². The molecule has 0 spiro atoms. The van der Waals surface area contributed by atoms with Crippen molar-refractivity contribution >= 4 is 17.5 Å². The van der Waals surface area contributed by atoms with Gasteiger partial charge in [-0.25, -0.2) is 4.98 Å². The van der Waals surface area contributed by atoms with Crippen molar-refractivity contribution in [2.24, 2.45) is 0 Å². The normalized spacial score (nSPS) is 13.7. The molecule has 1 aliphatic heterocycles. The molecule has 2 amide bonds. The molecule has 126 valence electrons. The fourth-order valence-electron chi connectivity index (χ4n) is 2.19. The number of aromatic nitrogens is 3. The summed E-state index contributed by atoms with van der Waals surface area (Å²) >= 11 is 0.